The molecular weight excluding hydrogens is 446 g/mol. The fourth-order valence-electron chi connectivity index (χ4n) is 2.59. The van der Waals surface area contributed by atoms with Gasteiger partial charge in [0, 0.05) is 32.1 Å². The Kier molecular flexibility index (Phi) is 8.31. The molecule has 2 aromatic rings. The Morgan fingerprint density at radius 2 is 1.70 bits per heavy atom. The van der Waals surface area contributed by atoms with Crippen LogP contribution in [0.1, 0.15) is 24.2 Å². The number of anilines is 1. The van der Waals surface area contributed by atoms with E-state index in [-0.39, 0.29) is 20.7 Å². The maximum absolute atomic E-state index is 12.9. The molecule has 0 heterocycles. The number of nitrogens with one attached hydrogen (secondary N) is 1. The first kappa shape index (κ1) is 24.2. The van der Waals surface area contributed by atoms with Gasteiger partial charge in [-0.2, -0.15) is 4.31 Å². The van der Waals surface area contributed by atoms with E-state index in [9.17, 15) is 18.0 Å². The van der Waals surface area contributed by atoms with Gasteiger partial charge in [0.05, 0.1) is 21.2 Å². The Bertz CT molecular complexity index is 1040. The number of carbonyl (C=O) groups excluding carboxylic acids is 2. The number of para-hydroxylation sites is 1. The van der Waals surface area contributed by atoms with E-state index in [1.807, 2.05) is 0 Å². The molecule has 30 heavy (non-hydrogen) atoms. The summed E-state index contributed by atoms with van der Waals surface area (Å²) in [5.41, 5.74) is 0.458. The number of hydrogen-bond acceptors (Lipinski definition) is 5. The van der Waals surface area contributed by atoms with Crippen molar-refractivity contribution >= 4 is 50.2 Å². The highest BCUT2D eigenvalue weighted by atomic mass is 35.5. The largest absolute Gasteiger partial charge is 0.339 e. The lowest BCUT2D eigenvalue weighted by molar-refractivity contribution is 0.102. The number of rotatable bonds is 7. The second kappa shape index (κ2) is 10.3. The second-order valence-electron chi connectivity index (χ2n) is 6.44. The number of amides is 2. The van der Waals surface area contributed by atoms with E-state index in [2.05, 4.69) is 5.32 Å². The van der Waals surface area contributed by atoms with E-state index in [1.54, 1.807) is 52.2 Å². The van der Waals surface area contributed by atoms with Gasteiger partial charge in [-0.3, -0.25) is 9.59 Å². The Hall–Kier alpha value is -2.07. The highest BCUT2D eigenvalue weighted by molar-refractivity contribution is 8.13. The molecule has 162 valence electrons. The molecule has 0 aliphatic heterocycles. The fraction of sp³-hybridized carbons (Fsp3) is 0.300. The summed E-state index contributed by atoms with van der Waals surface area (Å²) in [5.74, 6) is -0.568. The molecule has 0 fully saturated rings. The highest BCUT2D eigenvalue weighted by Crippen LogP contribution is 2.30. The van der Waals surface area contributed by atoms with Crippen LogP contribution in [0.15, 0.2) is 52.3 Å². The molecular formula is C20H24ClN3O4S2. The average molecular weight is 470 g/mol. The van der Waals surface area contributed by atoms with Crippen molar-refractivity contribution in [2.45, 2.75) is 23.6 Å². The topological polar surface area (TPSA) is 86.8 Å². The van der Waals surface area contributed by atoms with Gasteiger partial charge in [0.1, 0.15) is 0 Å². The summed E-state index contributed by atoms with van der Waals surface area (Å²) in [6.07, 6.45) is 0. The van der Waals surface area contributed by atoms with Gasteiger partial charge in [0.15, 0.2) is 0 Å². The summed E-state index contributed by atoms with van der Waals surface area (Å²) in [7, 11) is -0.466. The summed E-state index contributed by atoms with van der Waals surface area (Å²) in [4.78, 5) is 26.9. The third-order valence-electron chi connectivity index (χ3n) is 4.22. The minimum atomic E-state index is -3.74. The zero-order chi connectivity index (χ0) is 22.5. The van der Waals surface area contributed by atoms with Crippen LogP contribution in [0.2, 0.25) is 5.02 Å². The number of hydrogen-bond donors (Lipinski definition) is 1. The molecule has 0 spiro atoms. The molecule has 0 aliphatic rings. The monoisotopic (exact) mass is 469 g/mol. The normalized spacial score (nSPS) is 11.4. The first-order valence-electron chi connectivity index (χ1n) is 9.21. The Balaban J connectivity index is 2.36. The Morgan fingerprint density at radius 3 is 2.30 bits per heavy atom. The van der Waals surface area contributed by atoms with Crippen LogP contribution < -0.4 is 5.32 Å². The third-order valence-corrected chi connectivity index (χ3v) is 7.71. The molecule has 0 saturated heterocycles. The predicted molar refractivity (Wildman–Crippen MR) is 121 cm³/mol. The lowest BCUT2D eigenvalue weighted by atomic mass is 10.2. The van der Waals surface area contributed by atoms with Crippen molar-refractivity contribution in [3.8, 4) is 0 Å². The first-order valence-corrected chi connectivity index (χ1v) is 11.8. The summed E-state index contributed by atoms with van der Waals surface area (Å²) in [6, 6.07) is 10.9. The van der Waals surface area contributed by atoms with Crippen LogP contribution in [-0.2, 0) is 10.0 Å². The van der Waals surface area contributed by atoms with Gasteiger partial charge in [-0.05, 0) is 42.1 Å². The van der Waals surface area contributed by atoms with E-state index in [0.717, 1.165) is 11.8 Å². The second-order valence-corrected chi connectivity index (χ2v) is 9.78. The van der Waals surface area contributed by atoms with E-state index in [0.29, 0.717) is 23.7 Å². The molecule has 0 radical (unpaired) electrons. The lowest BCUT2D eigenvalue weighted by Crippen LogP contribution is -2.30. The van der Waals surface area contributed by atoms with Crippen molar-refractivity contribution in [1.29, 1.82) is 0 Å². The smallest absolute Gasteiger partial charge is 0.286 e. The van der Waals surface area contributed by atoms with E-state index in [1.165, 1.54) is 27.4 Å². The van der Waals surface area contributed by atoms with Crippen LogP contribution in [0.5, 0.6) is 0 Å². The molecule has 0 aliphatic carbocycles. The van der Waals surface area contributed by atoms with Crippen molar-refractivity contribution in [2.75, 3.05) is 32.5 Å². The summed E-state index contributed by atoms with van der Waals surface area (Å²) >= 11 is 7.16. The highest BCUT2D eigenvalue weighted by Gasteiger charge is 2.24. The van der Waals surface area contributed by atoms with Crippen molar-refractivity contribution < 1.29 is 18.0 Å². The molecule has 0 atom stereocenters. The van der Waals surface area contributed by atoms with Crippen LogP contribution >= 0.6 is 23.4 Å². The average Bonchev–Trinajstić information content (AvgIpc) is 2.70. The number of nitrogens with zero attached hydrogens (tertiary/aromatic N) is 2. The zero-order valence-electron chi connectivity index (χ0n) is 17.2. The molecule has 10 heteroatoms. The zero-order valence-corrected chi connectivity index (χ0v) is 19.6. The molecule has 2 aromatic carbocycles. The molecule has 2 rings (SSSR count). The van der Waals surface area contributed by atoms with Gasteiger partial charge in [-0.1, -0.05) is 37.6 Å². The molecule has 1 N–H and O–H groups in total. The van der Waals surface area contributed by atoms with Gasteiger partial charge in [-0.25, -0.2) is 8.42 Å². The predicted octanol–water partition coefficient (Wildman–Crippen LogP) is 4.40. The maximum Gasteiger partial charge on any atom is 0.286 e. The molecule has 0 unspecified atom stereocenters. The molecule has 2 amide bonds. The number of sulfonamides is 1. The molecule has 0 bridgehead atoms. The van der Waals surface area contributed by atoms with Crippen molar-refractivity contribution in [3.05, 3.63) is 53.1 Å². The van der Waals surface area contributed by atoms with E-state index < -0.39 is 15.9 Å². The van der Waals surface area contributed by atoms with Gasteiger partial charge in [0.2, 0.25) is 10.0 Å². The van der Waals surface area contributed by atoms with Gasteiger partial charge in [0.25, 0.3) is 11.1 Å². The Morgan fingerprint density at radius 1 is 1.07 bits per heavy atom. The molecule has 0 saturated carbocycles. The van der Waals surface area contributed by atoms with Gasteiger partial charge < -0.3 is 10.2 Å². The third kappa shape index (κ3) is 5.54. The molecule has 7 nitrogen and oxygen atoms in total. The SMILES string of the molecule is CCN(CC)S(=O)(=O)c1ccc(Cl)c(C(=O)Nc2ccccc2SC(=O)N(C)C)c1. The number of carbonyl (C=O) groups is 2. The van der Waals surface area contributed by atoms with E-state index in [4.69, 9.17) is 11.6 Å². The number of benzene rings is 2. The molecule has 0 aromatic heterocycles. The number of halogens is 1. The minimum Gasteiger partial charge on any atom is -0.339 e. The van der Waals surface area contributed by atoms with Crippen molar-refractivity contribution in [1.82, 2.24) is 9.21 Å². The standard InChI is InChI=1S/C20H24ClN3O4S2/c1-5-24(6-2)30(27,28)14-11-12-16(21)15(13-14)19(25)22-17-9-7-8-10-18(17)29-20(26)23(3)4/h7-13H,5-6H2,1-4H3,(H,22,25). The summed E-state index contributed by atoms with van der Waals surface area (Å²) < 4.78 is 26.9. The maximum atomic E-state index is 12.9. The lowest BCUT2D eigenvalue weighted by Gasteiger charge is -2.19. The first-order chi connectivity index (χ1) is 14.1. The van der Waals surface area contributed by atoms with Crippen LogP contribution in [0, 0.1) is 0 Å². The summed E-state index contributed by atoms with van der Waals surface area (Å²) in [6.45, 7) is 4.11. The minimum absolute atomic E-state index is 0.00815. The summed E-state index contributed by atoms with van der Waals surface area (Å²) in [5, 5.41) is 2.66. The van der Waals surface area contributed by atoms with Crippen LogP contribution in [-0.4, -0.2) is 56.0 Å². The van der Waals surface area contributed by atoms with Gasteiger partial charge >= 0.3 is 0 Å². The number of thioether (sulfide) groups is 1. The van der Waals surface area contributed by atoms with Gasteiger partial charge in [-0.15, -0.1) is 0 Å². The Labute approximate surface area is 186 Å². The quantitative estimate of drug-likeness (QED) is 0.607. The fourth-order valence-corrected chi connectivity index (χ4v) is 5.02. The van der Waals surface area contributed by atoms with Crippen LogP contribution in [0.3, 0.4) is 0 Å². The van der Waals surface area contributed by atoms with E-state index >= 15 is 0 Å². The van der Waals surface area contributed by atoms with Crippen molar-refractivity contribution in [3.63, 3.8) is 0 Å². The van der Waals surface area contributed by atoms with Crippen molar-refractivity contribution in [2.24, 2.45) is 0 Å². The van der Waals surface area contributed by atoms with Crippen LogP contribution in [0.4, 0.5) is 10.5 Å². The van der Waals surface area contributed by atoms with Crippen LogP contribution in [0.25, 0.3) is 0 Å².